The van der Waals surface area contributed by atoms with Gasteiger partial charge in [-0.25, -0.2) is 0 Å². The van der Waals surface area contributed by atoms with Crippen molar-refractivity contribution in [1.29, 1.82) is 0 Å². The van der Waals surface area contributed by atoms with E-state index in [1.807, 2.05) is 54.6 Å². The first-order valence-electron chi connectivity index (χ1n) is 20.2. The quantitative estimate of drug-likeness (QED) is 0.165. The van der Waals surface area contributed by atoms with E-state index in [4.69, 9.17) is 28.4 Å². The topological polar surface area (TPSA) is 84.6 Å². The molecule has 8 heteroatoms. The van der Waals surface area contributed by atoms with Crippen LogP contribution in [0.4, 0.5) is 34.4 Å². The lowest BCUT2D eigenvalue weighted by atomic mass is 10.1. The van der Waals surface area contributed by atoms with Crippen LogP contribution >= 0.6 is 0 Å². The Morgan fingerprint density at radius 2 is 0.820 bits per heavy atom. The van der Waals surface area contributed by atoms with Gasteiger partial charge in [0.05, 0.1) is 28.1 Å². The van der Waals surface area contributed by atoms with Gasteiger partial charge in [0.15, 0.2) is 11.4 Å². The summed E-state index contributed by atoms with van der Waals surface area (Å²) in [6, 6.07) is 64.2. The molecule has 0 amide bonds. The molecule has 61 heavy (non-hydrogen) atoms. The molecule has 8 aromatic carbocycles. The minimum absolute atomic E-state index is 0.453. The second-order valence-electron chi connectivity index (χ2n) is 15.3. The zero-order chi connectivity index (χ0) is 40.0. The lowest BCUT2D eigenvalue weighted by Crippen LogP contribution is -2.12. The number of nitrogens with zero attached hydrogens (tertiary/aromatic N) is 5. The van der Waals surface area contributed by atoms with E-state index >= 15 is 0 Å². The lowest BCUT2D eigenvalue weighted by Gasteiger charge is -2.25. The predicted octanol–water partition coefficient (Wildman–Crippen LogP) is 14.8. The van der Waals surface area contributed by atoms with Crippen molar-refractivity contribution in [3.05, 3.63) is 188 Å². The molecule has 0 spiro atoms. The van der Waals surface area contributed by atoms with E-state index in [-0.39, 0.29) is 0 Å². The molecule has 5 heterocycles. The standard InChI is InChI=1S/C53H31N5O3/c1-3-15-36-32(11-1)13-9-19-43(36)57(34-23-25-40-38-17-5-7-21-45(38)59-47(40)29-34)50-28-27-42-52-49(61-53(42)54-50)31-51(55-56-52)58(44-20-10-14-33-12-2-4-16-37(33)44)35-24-26-41-39-18-6-8-22-46(39)60-48(41)30-35/h1-31H. The highest BCUT2D eigenvalue weighted by atomic mass is 16.3. The summed E-state index contributed by atoms with van der Waals surface area (Å²) >= 11 is 0. The summed E-state index contributed by atoms with van der Waals surface area (Å²) in [7, 11) is 0. The highest BCUT2D eigenvalue weighted by Crippen LogP contribution is 2.44. The molecule has 0 aliphatic rings. The third-order valence-corrected chi connectivity index (χ3v) is 11.8. The maximum absolute atomic E-state index is 6.67. The van der Waals surface area contributed by atoms with Crippen LogP contribution in [0.2, 0.25) is 0 Å². The number of fused-ring (bicyclic) bond motifs is 11. The third kappa shape index (κ3) is 5.22. The largest absolute Gasteiger partial charge is 0.456 e. The lowest BCUT2D eigenvalue weighted by molar-refractivity contribution is 0.652. The second kappa shape index (κ2) is 13.0. The number of benzene rings is 8. The van der Waals surface area contributed by atoms with Crippen molar-refractivity contribution in [3.8, 4) is 0 Å². The first kappa shape index (κ1) is 33.5. The molecule has 0 aliphatic heterocycles. The molecule has 0 bridgehead atoms. The summed E-state index contributed by atoms with van der Waals surface area (Å²) < 4.78 is 19.4. The van der Waals surface area contributed by atoms with Crippen LogP contribution in [-0.2, 0) is 0 Å². The molecule has 0 radical (unpaired) electrons. The van der Waals surface area contributed by atoms with E-state index in [0.29, 0.717) is 28.4 Å². The molecule has 0 saturated heterocycles. The molecule has 13 rings (SSSR count). The Labute approximate surface area is 347 Å². The maximum Gasteiger partial charge on any atom is 0.231 e. The molecule has 286 valence electrons. The fourth-order valence-electron chi connectivity index (χ4n) is 8.96. The number of pyridine rings is 1. The molecular weight excluding hydrogens is 755 g/mol. The monoisotopic (exact) mass is 785 g/mol. The summed E-state index contributed by atoms with van der Waals surface area (Å²) in [5.74, 6) is 1.28. The molecule has 0 atom stereocenters. The van der Waals surface area contributed by atoms with Crippen LogP contribution in [0.25, 0.3) is 87.6 Å². The van der Waals surface area contributed by atoms with Gasteiger partial charge in [-0.05, 0) is 71.4 Å². The van der Waals surface area contributed by atoms with E-state index in [2.05, 4.69) is 143 Å². The van der Waals surface area contributed by atoms with E-state index in [9.17, 15) is 0 Å². The zero-order valence-electron chi connectivity index (χ0n) is 32.4. The first-order chi connectivity index (χ1) is 30.2. The Kier molecular flexibility index (Phi) is 7.14. The SMILES string of the molecule is c1ccc2c(N(c3ccc4c(c3)oc3ccccc34)c3cc4oc5nc(N(c6ccc7c(c6)oc6ccccc67)c6cccc7ccccc67)ccc5c4nn3)cccc2c1. The molecule has 13 aromatic rings. The highest BCUT2D eigenvalue weighted by Gasteiger charge is 2.24. The molecular formula is C53H31N5O3. The highest BCUT2D eigenvalue weighted by molar-refractivity contribution is 6.09. The van der Waals surface area contributed by atoms with Crippen LogP contribution in [0, 0.1) is 0 Å². The minimum atomic E-state index is 0.453. The average Bonchev–Trinajstić information content (AvgIpc) is 3.99. The van der Waals surface area contributed by atoms with Crippen molar-refractivity contribution in [3.63, 3.8) is 0 Å². The Morgan fingerprint density at radius 1 is 0.328 bits per heavy atom. The van der Waals surface area contributed by atoms with Crippen LogP contribution in [0.15, 0.2) is 201 Å². The molecule has 0 saturated carbocycles. The summed E-state index contributed by atoms with van der Waals surface area (Å²) in [5.41, 5.74) is 8.63. The van der Waals surface area contributed by atoms with Crippen LogP contribution in [0.5, 0.6) is 0 Å². The number of hydrogen-bond donors (Lipinski definition) is 0. The maximum atomic E-state index is 6.67. The summed E-state index contributed by atoms with van der Waals surface area (Å²) in [6.07, 6.45) is 0. The number of aromatic nitrogens is 3. The summed E-state index contributed by atoms with van der Waals surface area (Å²) in [4.78, 5) is 9.49. The van der Waals surface area contributed by atoms with Crippen molar-refractivity contribution < 1.29 is 13.3 Å². The van der Waals surface area contributed by atoms with E-state index in [1.54, 1.807) is 0 Å². The predicted molar refractivity (Wildman–Crippen MR) is 246 cm³/mol. The summed E-state index contributed by atoms with van der Waals surface area (Å²) in [5, 5.41) is 19.1. The van der Waals surface area contributed by atoms with Gasteiger partial charge in [0.25, 0.3) is 0 Å². The van der Waals surface area contributed by atoms with Gasteiger partial charge in [0.2, 0.25) is 5.71 Å². The Bertz CT molecular complexity index is 3620. The molecule has 0 unspecified atom stereocenters. The number of rotatable bonds is 6. The fourth-order valence-corrected chi connectivity index (χ4v) is 8.96. The van der Waals surface area contributed by atoms with Gasteiger partial charge >= 0.3 is 0 Å². The number of furan rings is 3. The Morgan fingerprint density at radius 3 is 1.43 bits per heavy atom. The fraction of sp³-hybridized carbons (Fsp3) is 0. The van der Waals surface area contributed by atoms with Gasteiger partial charge in [-0.1, -0.05) is 109 Å². The van der Waals surface area contributed by atoms with E-state index < -0.39 is 0 Å². The minimum Gasteiger partial charge on any atom is -0.456 e. The number of anilines is 6. The van der Waals surface area contributed by atoms with Gasteiger partial charge in [-0.15, -0.1) is 10.2 Å². The third-order valence-electron chi connectivity index (χ3n) is 11.8. The Hall–Kier alpha value is -8.49. The van der Waals surface area contributed by atoms with Crippen molar-refractivity contribution in [1.82, 2.24) is 15.2 Å². The average molecular weight is 786 g/mol. The molecule has 0 aliphatic carbocycles. The van der Waals surface area contributed by atoms with Gasteiger partial charge in [0, 0.05) is 50.5 Å². The van der Waals surface area contributed by atoms with Crippen LogP contribution < -0.4 is 9.80 Å². The molecule has 5 aromatic heterocycles. The van der Waals surface area contributed by atoms with E-state index in [1.165, 1.54) is 0 Å². The smallest absolute Gasteiger partial charge is 0.231 e. The normalized spacial score (nSPS) is 11.9. The van der Waals surface area contributed by atoms with Crippen LogP contribution in [-0.4, -0.2) is 15.2 Å². The number of para-hydroxylation sites is 2. The summed E-state index contributed by atoms with van der Waals surface area (Å²) in [6.45, 7) is 0. The van der Waals surface area contributed by atoms with Gasteiger partial charge in [0.1, 0.15) is 33.7 Å². The zero-order valence-corrected chi connectivity index (χ0v) is 32.4. The molecule has 0 fully saturated rings. The van der Waals surface area contributed by atoms with E-state index in [0.717, 1.165) is 93.6 Å². The van der Waals surface area contributed by atoms with Crippen LogP contribution in [0.3, 0.4) is 0 Å². The Balaban J connectivity index is 0.981. The first-order valence-corrected chi connectivity index (χ1v) is 20.2. The van der Waals surface area contributed by atoms with Crippen molar-refractivity contribution in [2.75, 3.05) is 9.80 Å². The number of hydrogen-bond acceptors (Lipinski definition) is 8. The van der Waals surface area contributed by atoms with Crippen LogP contribution in [0.1, 0.15) is 0 Å². The van der Waals surface area contributed by atoms with Crippen molar-refractivity contribution in [2.45, 2.75) is 0 Å². The van der Waals surface area contributed by atoms with Gasteiger partial charge in [-0.2, -0.15) is 4.98 Å². The van der Waals surface area contributed by atoms with Gasteiger partial charge in [-0.3, -0.25) is 9.80 Å². The van der Waals surface area contributed by atoms with Crippen molar-refractivity contribution >= 4 is 122 Å². The second-order valence-corrected chi connectivity index (χ2v) is 15.3. The van der Waals surface area contributed by atoms with Crippen molar-refractivity contribution in [2.24, 2.45) is 0 Å². The molecule has 0 N–H and O–H groups in total. The van der Waals surface area contributed by atoms with Gasteiger partial charge < -0.3 is 13.3 Å². The molecule has 8 nitrogen and oxygen atoms in total.